The van der Waals surface area contributed by atoms with E-state index in [-0.39, 0.29) is 24.1 Å². The Morgan fingerprint density at radius 1 is 1.25 bits per heavy atom. The molecule has 0 aliphatic heterocycles. The molecular formula is C13H23N3O3S. The Hall–Kier alpha value is -1.15. The first-order valence-electron chi connectivity index (χ1n) is 6.70. The second-order valence-corrected chi connectivity index (χ2v) is 6.37. The van der Waals surface area contributed by atoms with E-state index in [0.29, 0.717) is 18.5 Å². The van der Waals surface area contributed by atoms with Crippen molar-refractivity contribution in [3.05, 3.63) is 24.3 Å². The van der Waals surface area contributed by atoms with Gasteiger partial charge >= 0.3 is 0 Å². The van der Waals surface area contributed by atoms with E-state index in [1.807, 2.05) is 13.8 Å². The Bertz CT molecular complexity index is 498. The van der Waals surface area contributed by atoms with Gasteiger partial charge in [-0.25, -0.2) is 8.42 Å². The second-order valence-electron chi connectivity index (χ2n) is 4.48. The minimum absolute atomic E-state index is 0.103. The lowest BCUT2D eigenvalue weighted by molar-refractivity contribution is 0.219. The molecule has 0 aliphatic rings. The highest BCUT2D eigenvalue weighted by molar-refractivity contribution is 7.89. The molecule has 20 heavy (non-hydrogen) atoms. The van der Waals surface area contributed by atoms with Crippen LogP contribution in [0.4, 0.5) is 5.69 Å². The Balaban J connectivity index is 3.14. The first-order valence-corrected chi connectivity index (χ1v) is 8.14. The summed E-state index contributed by atoms with van der Waals surface area (Å²) in [5, 5.41) is 9.14. The maximum absolute atomic E-state index is 12.6. The van der Waals surface area contributed by atoms with E-state index in [4.69, 9.17) is 10.9 Å². The summed E-state index contributed by atoms with van der Waals surface area (Å²) in [6.07, 6.45) is 1.41. The number of benzene rings is 1. The van der Waals surface area contributed by atoms with Gasteiger partial charge in [0.05, 0.1) is 11.5 Å². The molecule has 0 radical (unpaired) electrons. The Kier molecular flexibility index (Phi) is 6.41. The van der Waals surface area contributed by atoms with Crippen molar-refractivity contribution in [2.24, 2.45) is 5.84 Å². The maximum Gasteiger partial charge on any atom is 0.243 e. The molecular weight excluding hydrogens is 278 g/mol. The van der Waals surface area contributed by atoms with Crippen molar-refractivity contribution >= 4 is 15.7 Å². The van der Waals surface area contributed by atoms with Crippen LogP contribution in [0.2, 0.25) is 0 Å². The molecule has 0 amide bonds. The Morgan fingerprint density at radius 3 is 2.20 bits per heavy atom. The molecule has 114 valence electrons. The summed E-state index contributed by atoms with van der Waals surface area (Å²) < 4.78 is 26.7. The molecule has 0 heterocycles. The van der Waals surface area contributed by atoms with Crippen LogP contribution in [-0.2, 0) is 10.0 Å². The molecule has 0 fully saturated rings. The summed E-state index contributed by atoms with van der Waals surface area (Å²) in [4.78, 5) is 0.205. The molecule has 1 aromatic rings. The topological polar surface area (TPSA) is 95.7 Å². The summed E-state index contributed by atoms with van der Waals surface area (Å²) in [5.74, 6) is 5.26. The summed E-state index contributed by atoms with van der Waals surface area (Å²) in [6, 6.07) is 6.13. The van der Waals surface area contributed by atoms with Crippen molar-refractivity contribution in [3.8, 4) is 0 Å². The number of anilines is 1. The van der Waals surface area contributed by atoms with E-state index in [1.54, 1.807) is 12.1 Å². The number of hydrogen-bond donors (Lipinski definition) is 3. The fourth-order valence-electron chi connectivity index (χ4n) is 2.15. The smallest absolute Gasteiger partial charge is 0.243 e. The number of rotatable bonds is 8. The summed E-state index contributed by atoms with van der Waals surface area (Å²) in [6.45, 7) is 3.79. The van der Waals surface area contributed by atoms with Gasteiger partial charge in [-0.3, -0.25) is 5.84 Å². The van der Waals surface area contributed by atoms with E-state index in [2.05, 4.69) is 5.43 Å². The number of nitrogens with two attached hydrogens (primary N) is 1. The number of hydrazine groups is 1. The van der Waals surface area contributed by atoms with Crippen molar-refractivity contribution in [1.82, 2.24) is 4.31 Å². The molecule has 0 bridgehead atoms. The molecule has 0 aromatic heterocycles. The zero-order valence-corrected chi connectivity index (χ0v) is 12.7. The molecule has 0 saturated heterocycles. The first kappa shape index (κ1) is 16.9. The second kappa shape index (κ2) is 7.58. The average Bonchev–Trinajstić information content (AvgIpc) is 2.47. The van der Waals surface area contributed by atoms with Gasteiger partial charge in [0.25, 0.3) is 0 Å². The van der Waals surface area contributed by atoms with Crippen LogP contribution in [0, 0.1) is 0 Å². The molecule has 0 saturated carbocycles. The number of sulfonamides is 1. The Morgan fingerprint density at radius 2 is 1.80 bits per heavy atom. The van der Waals surface area contributed by atoms with Crippen LogP contribution in [0.25, 0.3) is 0 Å². The highest BCUT2D eigenvalue weighted by Crippen LogP contribution is 2.22. The molecule has 4 N–H and O–H groups in total. The highest BCUT2D eigenvalue weighted by atomic mass is 32.2. The fraction of sp³-hybridized carbons (Fsp3) is 0.538. The van der Waals surface area contributed by atoms with Gasteiger partial charge in [0.2, 0.25) is 10.0 Å². The zero-order valence-electron chi connectivity index (χ0n) is 11.9. The predicted octanol–water partition coefficient (Wildman–Crippen LogP) is 1.14. The number of aliphatic hydroxyl groups excluding tert-OH is 1. The summed E-state index contributed by atoms with van der Waals surface area (Å²) in [5.41, 5.74) is 3.10. The normalized spacial score (nSPS) is 12.1. The molecule has 7 heteroatoms. The van der Waals surface area contributed by atoms with E-state index >= 15 is 0 Å². The van der Waals surface area contributed by atoms with Gasteiger partial charge in [-0.1, -0.05) is 13.8 Å². The van der Waals surface area contributed by atoms with Crippen molar-refractivity contribution < 1.29 is 13.5 Å². The van der Waals surface area contributed by atoms with Gasteiger partial charge in [-0.2, -0.15) is 4.31 Å². The standard InChI is InChI=1S/C13H23N3O3S/c1-3-12(4-2)16(9-10-17)20(18,19)13-7-5-11(15-14)6-8-13/h5-8,12,15,17H,3-4,9-10,14H2,1-2H3. The van der Waals surface area contributed by atoms with Crippen molar-refractivity contribution in [2.75, 3.05) is 18.6 Å². The number of aliphatic hydroxyl groups is 1. The molecule has 0 unspecified atom stereocenters. The van der Waals surface area contributed by atoms with E-state index < -0.39 is 10.0 Å². The maximum atomic E-state index is 12.6. The lowest BCUT2D eigenvalue weighted by Gasteiger charge is -2.29. The third kappa shape index (κ3) is 3.69. The van der Waals surface area contributed by atoms with Crippen LogP contribution >= 0.6 is 0 Å². The fourth-order valence-corrected chi connectivity index (χ4v) is 3.92. The molecule has 0 spiro atoms. The largest absolute Gasteiger partial charge is 0.395 e. The van der Waals surface area contributed by atoms with E-state index in [9.17, 15) is 8.42 Å². The highest BCUT2D eigenvalue weighted by Gasteiger charge is 2.29. The van der Waals surface area contributed by atoms with Gasteiger partial charge in [0, 0.05) is 18.3 Å². The van der Waals surface area contributed by atoms with E-state index in [0.717, 1.165) is 0 Å². The van der Waals surface area contributed by atoms with Crippen molar-refractivity contribution in [1.29, 1.82) is 0 Å². The van der Waals surface area contributed by atoms with Crippen LogP contribution in [0.15, 0.2) is 29.2 Å². The molecule has 1 aromatic carbocycles. The molecule has 0 aliphatic carbocycles. The van der Waals surface area contributed by atoms with Gasteiger partial charge in [-0.15, -0.1) is 0 Å². The minimum atomic E-state index is -3.61. The van der Waals surface area contributed by atoms with Gasteiger partial charge in [-0.05, 0) is 37.1 Å². The van der Waals surface area contributed by atoms with Crippen molar-refractivity contribution in [3.63, 3.8) is 0 Å². The van der Waals surface area contributed by atoms with Crippen molar-refractivity contribution in [2.45, 2.75) is 37.6 Å². The number of nitrogens with zero attached hydrogens (tertiary/aromatic N) is 1. The van der Waals surface area contributed by atoms with Crippen LogP contribution < -0.4 is 11.3 Å². The SMILES string of the molecule is CCC(CC)N(CCO)S(=O)(=O)c1ccc(NN)cc1. The minimum Gasteiger partial charge on any atom is -0.395 e. The van der Waals surface area contributed by atoms with Gasteiger partial charge in [0.15, 0.2) is 0 Å². The first-order chi connectivity index (χ1) is 9.51. The summed E-state index contributed by atoms with van der Waals surface area (Å²) in [7, 11) is -3.61. The van der Waals surface area contributed by atoms with Crippen LogP contribution in [-0.4, -0.2) is 37.0 Å². The molecule has 1 rings (SSSR count). The molecule has 6 nitrogen and oxygen atoms in total. The van der Waals surface area contributed by atoms with Gasteiger partial charge in [0.1, 0.15) is 0 Å². The number of hydrogen-bond acceptors (Lipinski definition) is 5. The van der Waals surface area contributed by atoms with Crippen LogP contribution in [0.3, 0.4) is 0 Å². The lowest BCUT2D eigenvalue weighted by atomic mass is 10.2. The van der Waals surface area contributed by atoms with E-state index in [1.165, 1.54) is 16.4 Å². The number of nitrogens with one attached hydrogen (secondary N) is 1. The monoisotopic (exact) mass is 301 g/mol. The Labute approximate surface area is 120 Å². The third-order valence-electron chi connectivity index (χ3n) is 3.30. The number of nitrogen functional groups attached to an aromatic ring is 1. The zero-order chi connectivity index (χ0) is 15.2. The van der Waals surface area contributed by atoms with Crippen LogP contribution in [0.5, 0.6) is 0 Å². The molecule has 0 atom stereocenters. The third-order valence-corrected chi connectivity index (χ3v) is 5.26. The lowest BCUT2D eigenvalue weighted by Crippen LogP contribution is -2.41. The quantitative estimate of drug-likeness (QED) is 0.494. The van der Waals surface area contributed by atoms with Crippen LogP contribution in [0.1, 0.15) is 26.7 Å². The van der Waals surface area contributed by atoms with Gasteiger partial charge < -0.3 is 10.5 Å². The average molecular weight is 301 g/mol. The predicted molar refractivity (Wildman–Crippen MR) is 79.6 cm³/mol. The summed E-state index contributed by atoms with van der Waals surface area (Å²) >= 11 is 0.